The maximum atomic E-state index is 14.2. The molecule has 1 atom stereocenters. The van der Waals surface area contributed by atoms with Gasteiger partial charge >= 0.3 is 6.03 Å². The van der Waals surface area contributed by atoms with Crippen molar-refractivity contribution in [2.45, 2.75) is 45.6 Å². The highest BCUT2D eigenvalue weighted by Crippen LogP contribution is 2.37. The third-order valence-electron chi connectivity index (χ3n) is 7.13. The van der Waals surface area contributed by atoms with E-state index < -0.39 is 0 Å². The molecule has 4 rings (SSSR count). The summed E-state index contributed by atoms with van der Waals surface area (Å²) in [5.41, 5.74) is 1.59. The molecule has 3 amide bonds. The molecule has 1 unspecified atom stereocenters. The SMILES string of the molecule is CCN(CC)CCCN(C)CC1CCCCN1C(=O)N1c2ccccc2C(=O)Nc2cccnc21.Cl.Cl. The van der Waals surface area contributed by atoms with Gasteiger partial charge in [-0.15, -0.1) is 24.8 Å². The van der Waals surface area contributed by atoms with Gasteiger partial charge in [-0.05, 0) is 83.2 Å². The van der Waals surface area contributed by atoms with E-state index in [1.54, 1.807) is 29.3 Å². The van der Waals surface area contributed by atoms with Crippen molar-refractivity contribution in [1.29, 1.82) is 0 Å². The van der Waals surface area contributed by atoms with Crippen LogP contribution in [0, 0.1) is 0 Å². The molecule has 204 valence electrons. The van der Waals surface area contributed by atoms with E-state index >= 15 is 0 Å². The number of fused-ring (bicyclic) bond motifs is 2. The molecule has 3 heterocycles. The summed E-state index contributed by atoms with van der Waals surface area (Å²) in [4.78, 5) is 40.0. The van der Waals surface area contributed by atoms with Gasteiger partial charge in [0.05, 0.1) is 16.9 Å². The molecule has 10 heteroatoms. The Hall–Kier alpha value is -2.39. The number of carbonyl (C=O) groups is 2. The molecular weight excluding hydrogens is 511 g/mol. The van der Waals surface area contributed by atoms with Crippen molar-refractivity contribution in [1.82, 2.24) is 19.7 Å². The second-order valence-corrected chi connectivity index (χ2v) is 9.45. The lowest BCUT2D eigenvalue weighted by Crippen LogP contribution is -2.53. The topological polar surface area (TPSA) is 72.0 Å². The van der Waals surface area contributed by atoms with Gasteiger partial charge in [0.2, 0.25) is 0 Å². The number of urea groups is 1. The summed E-state index contributed by atoms with van der Waals surface area (Å²) in [6, 6.07) is 10.8. The molecule has 0 aliphatic carbocycles. The fourth-order valence-electron chi connectivity index (χ4n) is 5.16. The number of nitrogens with zero attached hydrogens (tertiary/aromatic N) is 5. The van der Waals surface area contributed by atoms with Crippen molar-refractivity contribution in [2.24, 2.45) is 0 Å². The molecule has 1 fully saturated rings. The Labute approximate surface area is 233 Å². The normalized spacial score (nSPS) is 16.8. The minimum atomic E-state index is -0.228. The minimum absolute atomic E-state index is 0. The second kappa shape index (κ2) is 14.5. The van der Waals surface area contributed by atoms with Crippen molar-refractivity contribution >= 4 is 53.9 Å². The number of carbonyl (C=O) groups excluding carboxylic acids is 2. The van der Waals surface area contributed by atoms with Crippen molar-refractivity contribution in [3.05, 3.63) is 48.2 Å². The fourth-order valence-corrected chi connectivity index (χ4v) is 5.16. The van der Waals surface area contributed by atoms with E-state index in [9.17, 15) is 9.59 Å². The number of anilines is 3. The van der Waals surface area contributed by atoms with Crippen molar-refractivity contribution in [3.8, 4) is 0 Å². The van der Waals surface area contributed by atoms with Gasteiger partial charge in [0.25, 0.3) is 5.91 Å². The number of aromatic nitrogens is 1. The number of piperidine rings is 1. The molecule has 1 aromatic heterocycles. The van der Waals surface area contributed by atoms with Crippen LogP contribution in [0.2, 0.25) is 0 Å². The van der Waals surface area contributed by atoms with Gasteiger partial charge in [-0.1, -0.05) is 26.0 Å². The lowest BCUT2D eigenvalue weighted by molar-refractivity contribution is 0.102. The van der Waals surface area contributed by atoms with Gasteiger partial charge in [-0.2, -0.15) is 0 Å². The molecule has 0 spiro atoms. The Morgan fingerprint density at radius 3 is 2.59 bits per heavy atom. The molecule has 37 heavy (non-hydrogen) atoms. The van der Waals surface area contributed by atoms with Crippen LogP contribution in [0.3, 0.4) is 0 Å². The van der Waals surface area contributed by atoms with Crippen LogP contribution in [-0.4, -0.2) is 84.0 Å². The number of amides is 3. The number of hydrogen-bond acceptors (Lipinski definition) is 5. The molecule has 1 N–H and O–H groups in total. The monoisotopic (exact) mass is 550 g/mol. The standard InChI is InChI=1S/C27H38N6O2.2ClH/c1-4-31(5-2)18-11-17-30(3)20-21-12-8-9-19-32(21)27(35)33-24-15-7-6-13-22(24)26(34)29-23-14-10-16-28-25(23)33;;/h6-7,10,13-16,21H,4-5,8-9,11-12,17-20H2,1-3H3,(H,29,34);2*1H. The summed E-state index contributed by atoms with van der Waals surface area (Å²) >= 11 is 0. The van der Waals surface area contributed by atoms with Crippen molar-refractivity contribution < 1.29 is 9.59 Å². The predicted octanol–water partition coefficient (Wildman–Crippen LogP) is 5.27. The molecule has 2 aromatic rings. The Bertz CT molecular complexity index is 1040. The Balaban J connectivity index is 0.00000241. The summed E-state index contributed by atoms with van der Waals surface area (Å²) in [7, 11) is 2.15. The summed E-state index contributed by atoms with van der Waals surface area (Å²) in [5.74, 6) is 0.237. The van der Waals surface area contributed by atoms with Gasteiger partial charge in [0, 0.05) is 25.3 Å². The first-order valence-electron chi connectivity index (χ1n) is 12.9. The Morgan fingerprint density at radius 1 is 1.08 bits per heavy atom. The molecule has 2 aliphatic rings. The fraction of sp³-hybridized carbons (Fsp3) is 0.519. The van der Waals surface area contributed by atoms with Crippen LogP contribution in [-0.2, 0) is 0 Å². The van der Waals surface area contributed by atoms with Crippen LogP contribution in [0.1, 0.15) is 49.9 Å². The van der Waals surface area contributed by atoms with E-state index in [1.165, 1.54) is 0 Å². The zero-order valence-electron chi connectivity index (χ0n) is 22.1. The van der Waals surface area contributed by atoms with Crippen molar-refractivity contribution in [3.63, 3.8) is 0 Å². The number of nitrogens with one attached hydrogen (secondary N) is 1. The number of hydrogen-bond donors (Lipinski definition) is 1. The van der Waals surface area contributed by atoms with Gasteiger partial charge in [0.1, 0.15) is 0 Å². The van der Waals surface area contributed by atoms with Gasteiger partial charge < -0.3 is 20.0 Å². The predicted molar refractivity (Wildman–Crippen MR) is 155 cm³/mol. The highest BCUT2D eigenvalue weighted by Gasteiger charge is 2.36. The molecule has 1 saturated heterocycles. The highest BCUT2D eigenvalue weighted by atomic mass is 35.5. The van der Waals surface area contributed by atoms with E-state index in [1.807, 2.05) is 23.1 Å². The number of likely N-dealkylation sites (N-methyl/N-ethyl adjacent to an activating group) is 1. The van der Waals surface area contributed by atoms with Gasteiger partial charge in [0.15, 0.2) is 5.82 Å². The second-order valence-electron chi connectivity index (χ2n) is 9.45. The molecule has 2 aliphatic heterocycles. The zero-order valence-corrected chi connectivity index (χ0v) is 23.7. The summed E-state index contributed by atoms with van der Waals surface area (Å²) in [5, 5.41) is 2.93. The maximum Gasteiger partial charge on any atom is 0.330 e. The van der Waals surface area contributed by atoms with Crippen LogP contribution in [0.15, 0.2) is 42.6 Å². The molecule has 0 saturated carbocycles. The largest absolute Gasteiger partial charge is 0.330 e. The molecule has 8 nitrogen and oxygen atoms in total. The van der Waals surface area contributed by atoms with Crippen LogP contribution in [0.5, 0.6) is 0 Å². The maximum absolute atomic E-state index is 14.2. The average Bonchev–Trinajstić information content (AvgIpc) is 3.00. The van der Waals surface area contributed by atoms with E-state index in [-0.39, 0.29) is 42.8 Å². The van der Waals surface area contributed by atoms with E-state index in [0.29, 0.717) is 29.3 Å². The molecule has 0 radical (unpaired) electrons. The lowest BCUT2D eigenvalue weighted by atomic mass is 10.0. The zero-order chi connectivity index (χ0) is 24.8. The number of pyridine rings is 1. The third kappa shape index (κ3) is 7.13. The smallest absolute Gasteiger partial charge is 0.320 e. The number of para-hydroxylation sites is 1. The quantitative estimate of drug-likeness (QED) is 0.484. The molecular formula is C27H40Cl2N6O2. The Morgan fingerprint density at radius 2 is 1.84 bits per heavy atom. The van der Waals surface area contributed by atoms with Gasteiger partial charge in [-0.25, -0.2) is 14.7 Å². The summed E-state index contributed by atoms with van der Waals surface area (Å²) in [6.07, 6.45) is 5.86. The first kappa shape index (κ1) is 30.8. The van der Waals surface area contributed by atoms with E-state index in [0.717, 1.165) is 58.4 Å². The lowest BCUT2D eigenvalue weighted by Gasteiger charge is -2.40. The molecule has 0 bridgehead atoms. The molecule has 1 aromatic carbocycles. The Kier molecular flexibility index (Phi) is 12.1. The summed E-state index contributed by atoms with van der Waals surface area (Å²) < 4.78 is 0. The van der Waals surface area contributed by atoms with Crippen LogP contribution < -0.4 is 10.2 Å². The third-order valence-corrected chi connectivity index (χ3v) is 7.13. The highest BCUT2D eigenvalue weighted by molar-refractivity contribution is 6.16. The number of halogens is 2. The summed E-state index contributed by atoms with van der Waals surface area (Å²) in [6.45, 7) is 10.2. The van der Waals surface area contributed by atoms with E-state index in [2.05, 4.69) is 41.0 Å². The first-order valence-corrected chi connectivity index (χ1v) is 12.9. The minimum Gasteiger partial charge on any atom is -0.320 e. The number of likely N-dealkylation sites (tertiary alicyclic amines) is 1. The number of benzene rings is 1. The van der Waals surface area contributed by atoms with Gasteiger partial charge in [-0.3, -0.25) is 4.79 Å². The van der Waals surface area contributed by atoms with Crippen LogP contribution >= 0.6 is 24.8 Å². The van der Waals surface area contributed by atoms with Crippen LogP contribution in [0.25, 0.3) is 0 Å². The van der Waals surface area contributed by atoms with Crippen molar-refractivity contribution in [2.75, 3.05) is 56.5 Å². The van der Waals surface area contributed by atoms with E-state index in [4.69, 9.17) is 0 Å². The first-order chi connectivity index (χ1) is 17.0. The number of rotatable bonds is 8. The average molecular weight is 552 g/mol. The van der Waals surface area contributed by atoms with Crippen LogP contribution in [0.4, 0.5) is 22.0 Å².